The van der Waals surface area contributed by atoms with Crippen molar-refractivity contribution in [3.63, 3.8) is 0 Å². The Morgan fingerprint density at radius 3 is 2.29 bits per heavy atom. The molecule has 7 nitrogen and oxygen atoms in total. The van der Waals surface area contributed by atoms with E-state index in [1.165, 1.54) is 24.3 Å². The van der Waals surface area contributed by atoms with Crippen molar-refractivity contribution in [3.05, 3.63) is 59.9 Å². The quantitative estimate of drug-likeness (QED) is 0.727. The lowest BCUT2D eigenvalue weighted by atomic mass is 10.1. The van der Waals surface area contributed by atoms with Gasteiger partial charge in [-0.25, -0.2) is 21.2 Å². The van der Waals surface area contributed by atoms with Crippen molar-refractivity contribution in [2.45, 2.75) is 23.8 Å². The molecule has 0 aromatic heterocycles. The first-order chi connectivity index (χ1) is 13.1. The number of rotatable bonds is 6. The Balaban J connectivity index is 1.59. The number of halogens is 1. The first kappa shape index (κ1) is 20.3. The van der Waals surface area contributed by atoms with Gasteiger partial charge in [0, 0.05) is 11.7 Å². The van der Waals surface area contributed by atoms with Crippen LogP contribution >= 0.6 is 0 Å². The lowest BCUT2D eigenvalue weighted by molar-refractivity contribution is -0.121. The molecule has 0 unspecified atom stereocenters. The van der Waals surface area contributed by atoms with E-state index in [2.05, 4.69) is 10.0 Å². The number of sulfone groups is 1. The third kappa shape index (κ3) is 5.29. The molecule has 1 amide bonds. The smallest absolute Gasteiger partial charge is 0.261 e. The van der Waals surface area contributed by atoms with Crippen molar-refractivity contribution in [2.75, 3.05) is 16.2 Å². The number of benzene rings is 2. The highest BCUT2D eigenvalue weighted by atomic mass is 32.2. The molecule has 150 valence electrons. The lowest BCUT2D eigenvalue weighted by Gasteiger charge is -2.11. The second-order valence-electron chi connectivity index (χ2n) is 6.60. The van der Waals surface area contributed by atoms with E-state index in [0.717, 1.165) is 12.1 Å². The van der Waals surface area contributed by atoms with Gasteiger partial charge in [-0.3, -0.25) is 9.52 Å². The highest BCUT2D eigenvalue weighted by molar-refractivity contribution is 7.92. The minimum Gasteiger partial charge on any atom is -0.352 e. The van der Waals surface area contributed by atoms with Crippen molar-refractivity contribution in [2.24, 2.45) is 0 Å². The maximum Gasteiger partial charge on any atom is 0.261 e. The molecule has 3 rings (SSSR count). The molecule has 0 radical (unpaired) electrons. The van der Waals surface area contributed by atoms with E-state index in [-0.39, 0.29) is 34.8 Å². The van der Waals surface area contributed by atoms with Crippen LogP contribution in [0.15, 0.2) is 53.4 Å². The average Bonchev–Trinajstić information content (AvgIpc) is 2.95. The van der Waals surface area contributed by atoms with Gasteiger partial charge in [0.15, 0.2) is 9.84 Å². The van der Waals surface area contributed by atoms with E-state index in [1.54, 1.807) is 12.1 Å². The number of anilines is 1. The molecular formula is C18H19FN2O5S2. The number of carbonyl (C=O) groups excluding carboxylic acids is 1. The fourth-order valence-corrected chi connectivity index (χ4v) is 5.62. The van der Waals surface area contributed by atoms with Crippen LogP contribution in [-0.2, 0) is 31.1 Å². The van der Waals surface area contributed by atoms with Gasteiger partial charge in [0.2, 0.25) is 5.91 Å². The van der Waals surface area contributed by atoms with Gasteiger partial charge < -0.3 is 5.32 Å². The molecule has 0 aliphatic carbocycles. The molecule has 1 aliphatic heterocycles. The van der Waals surface area contributed by atoms with Gasteiger partial charge in [-0.05, 0) is 48.4 Å². The molecule has 1 saturated heterocycles. The van der Waals surface area contributed by atoms with Gasteiger partial charge in [-0.1, -0.05) is 12.1 Å². The van der Waals surface area contributed by atoms with Gasteiger partial charge in [-0.2, -0.15) is 0 Å². The molecule has 2 aromatic carbocycles. The van der Waals surface area contributed by atoms with Gasteiger partial charge in [0.1, 0.15) is 5.82 Å². The second kappa shape index (κ2) is 7.88. The molecule has 0 bridgehead atoms. The number of sulfonamides is 1. The Kier molecular flexibility index (Phi) is 5.71. The predicted octanol–water partition coefficient (Wildman–Crippen LogP) is 1.47. The number of hydrogen-bond donors (Lipinski definition) is 2. The summed E-state index contributed by atoms with van der Waals surface area (Å²) in [4.78, 5) is 12.0. The molecule has 0 spiro atoms. The maximum absolute atomic E-state index is 12.9. The van der Waals surface area contributed by atoms with Gasteiger partial charge in [-0.15, -0.1) is 0 Å². The lowest BCUT2D eigenvalue weighted by Crippen LogP contribution is -2.36. The molecule has 10 heteroatoms. The predicted molar refractivity (Wildman–Crippen MR) is 103 cm³/mol. The zero-order valence-electron chi connectivity index (χ0n) is 14.8. The van der Waals surface area contributed by atoms with Crippen molar-refractivity contribution in [1.82, 2.24) is 5.32 Å². The Hall–Kier alpha value is -2.46. The minimum atomic E-state index is -3.85. The first-order valence-corrected chi connectivity index (χ1v) is 11.8. The molecule has 2 N–H and O–H groups in total. The number of carbonyl (C=O) groups is 1. The fraction of sp³-hybridized carbons (Fsp3) is 0.278. The van der Waals surface area contributed by atoms with Crippen LogP contribution in [0.25, 0.3) is 0 Å². The van der Waals surface area contributed by atoms with Crippen LogP contribution in [0.4, 0.5) is 10.1 Å². The minimum absolute atomic E-state index is 0.0388. The van der Waals surface area contributed by atoms with Crippen LogP contribution < -0.4 is 10.0 Å². The summed E-state index contributed by atoms with van der Waals surface area (Å²) in [5.41, 5.74) is 0.957. The van der Waals surface area contributed by atoms with E-state index in [9.17, 15) is 26.0 Å². The van der Waals surface area contributed by atoms with Crippen LogP contribution in [0.1, 0.15) is 12.0 Å². The Morgan fingerprint density at radius 2 is 1.71 bits per heavy atom. The molecule has 28 heavy (non-hydrogen) atoms. The zero-order valence-corrected chi connectivity index (χ0v) is 16.4. The Labute approximate surface area is 162 Å². The van der Waals surface area contributed by atoms with Crippen molar-refractivity contribution in [1.29, 1.82) is 0 Å². The first-order valence-electron chi connectivity index (χ1n) is 8.50. The van der Waals surface area contributed by atoms with E-state index >= 15 is 0 Å². The van der Waals surface area contributed by atoms with Gasteiger partial charge in [0.25, 0.3) is 10.0 Å². The van der Waals surface area contributed by atoms with Crippen LogP contribution in [0.5, 0.6) is 0 Å². The highest BCUT2D eigenvalue weighted by Gasteiger charge is 2.28. The monoisotopic (exact) mass is 426 g/mol. The summed E-state index contributed by atoms with van der Waals surface area (Å²) in [6.07, 6.45) is 0.472. The molecule has 1 aliphatic rings. The van der Waals surface area contributed by atoms with Crippen LogP contribution in [-0.4, -0.2) is 40.3 Å². The molecule has 2 aromatic rings. The van der Waals surface area contributed by atoms with Gasteiger partial charge in [0.05, 0.1) is 22.8 Å². The Morgan fingerprint density at radius 1 is 1.07 bits per heavy atom. The molecule has 1 fully saturated rings. The summed E-state index contributed by atoms with van der Waals surface area (Å²) in [5.74, 6) is -0.775. The summed E-state index contributed by atoms with van der Waals surface area (Å²) >= 11 is 0. The third-order valence-electron chi connectivity index (χ3n) is 4.29. The van der Waals surface area contributed by atoms with Crippen molar-refractivity contribution >= 4 is 31.5 Å². The average molecular weight is 426 g/mol. The van der Waals surface area contributed by atoms with E-state index in [0.29, 0.717) is 17.7 Å². The Bertz CT molecular complexity index is 1070. The summed E-state index contributed by atoms with van der Waals surface area (Å²) in [6, 6.07) is 10.3. The molecule has 0 saturated carbocycles. The topological polar surface area (TPSA) is 109 Å². The normalized spacial score (nSPS) is 18.5. The van der Waals surface area contributed by atoms with Crippen LogP contribution in [0, 0.1) is 5.82 Å². The fourth-order valence-electron chi connectivity index (χ4n) is 2.89. The molecule has 1 heterocycles. The van der Waals surface area contributed by atoms with E-state index in [1.807, 2.05) is 0 Å². The summed E-state index contributed by atoms with van der Waals surface area (Å²) in [6.45, 7) is 0. The number of hydrogen-bond acceptors (Lipinski definition) is 5. The van der Waals surface area contributed by atoms with Crippen LogP contribution in [0.2, 0.25) is 0 Å². The standard InChI is InChI=1S/C18H19FN2O5S2/c19-14-3-7-17(8-4-14)28(25,26)21-15-5-1-13(2-6-15)11-18(22)20-16-9-10-27(23,24)12-16/h1-8,16,21H,9-12H2,(H,20,22)/t16-/m0/s1. The largest absolute Gasteiger partial charge is 0.352 e. The highest BCUT2D eigenvalue weighted by Crippen LogP contribution is 2.17. The molecular weight excluding hydrogens is 407 g/mol. The number of nitrogens with one attached hydrogen (secondary N) is 2. The number of amides is 1. The summed E-state index contributed by atoms with van der Waals surface area (Å²) in [5, 5.41) is 2.70. The maximum atomic E-state index is 12.9. The molecule has 1 atom stereocenters. The van der Waals surface area contributed by atoms with E-state index in [4.69, 9.17) is 0 Å². The van der Waals surface area contributed by atoms with E-state index < -0.39 is 25.7 Å². The zero-order chi connectivity index (χ0) is 20.4. The van der Waals surface area contributed by atoms with Crippen LogP contribution in [0.3, 0.4) is 0 Å². The van der Waals surface area contributed by atoms with Crippen molar-refractivity contribution < 1.29 is 26.0 Å². The second-order valence-corrected chi connectivity index (χ2v) is 10.5. The van der Waals surface area contributed by atoms with Crippen molar-refractivity contribution in [3.8, 4) is 0 Å². The SMILES string of the molecule is O=C(Cc1ccc(NS(=O)(=O)c2ccc(F)cc2)cc1)N[C@H]1CCS(=O)(=O)C1. The van der Waals surface area contributed by atoms with Gasteiger partial charge >= 0.3 is 0 Å². The summed E-state index contributed by atoms with van der Waals surface area (Å²) < 4.78 is 62.7. The summed E-state index contributed by atoms with van der Waals surface area (Å²) in [7, 11) is -6.91. The third-order valence-corrected chi connectivity index (χ3v) is 7.46.